The number of ether oxygens (including phenoxy) is 1. The first-order chi connectivity index (χ1) is 6.66. The van der Waals surface area contributed by atoms with Crippen molar-refractivity contribution in [3.63, 3.8) is 0 Å². The summed E-state index contributed by atoms with van der Waals surface area (Å²) in [7, 11) is 0. The molecule has 1 heterocycles. The van der Waals surface area contributed by atoms with Gasteiger partial charge in [-0.05, 0) is 24.7 Å². The molecular weight excluding hydrogens is 180 g/mol. The van der Waals surface area contributed by atoms with Gasteiger partial charge in [0.1, 0.15) is 0 Å². The molecule has 1 saturated carbocycles. The molecule has 78 valence electrons. The standard InChI is InChI=1S/C11H16O3/c1-7-2-4-8(5-3-7)9-6-10(12)14-11(9)13/h7-9H,2-6H2,1H3. The number of rotatable bonds is 1. The molecular formula is C11H16O3. The van der Waals surface area contributed by atoms with Crippen LogP contribution in [0.2, 0.25) is 0 Å². The van der Waals surface area contributed by atoms with Crippen molar-refractivity contribution < 1.29 is 14.3 Å². The predicted octanol–water partition coefficient (Wildman–Crippen LogP) is 1.90. The minimum Gasteiger partial charge on any atom is -0.393 e. The molecule has 1 saturated heterocycles. The maximum Gasteiger partial charge on any atom is 0.317 e. The van der Waals surface area contributed by atoms with E-state index in [0.29, 0.717) is 12.3 Å². The van der Waals surface area contributed by atoms with Crippen molar-refractivity contribution in [3.8, 4) is 0 Å². The van der Waals surface area contributed by atoms with Crippen molar-refractivity contribution >= 4 is 11.9 Å². The highest BCUT2D eigenvalue weighted by molar-refractivity contribution is 5.94. The fourth-order valence-electron chi connectivity index (χ4n) is 2.54. The second kappa shape index (κ2) is 3.71. The Balaban J connectivity index is 1.95. The molecule has 1 unspecified atom stereocenters. The van der Waals surface area contributed by atoms with Gasteiger partial charge in [0.25, 0.3) is 0 Å². The molecule has 3 heteroatoms. The summed E-state index contributed by atoms with van der Waals surface area (Å²) in [6.07, 6.45) is 4.84. The van der Waals surface area contributed by atoms with Crippen LogP contribution in [0.25, 0.3) is 0 Å². The molecule has 3 nitrogen and oxygen atoms in total. The van der Waals surface area contributed by atoms with E-state index in [1.807, 2.05) is 0 Å². The zero-order valence-corrected chi connectivity index (χ0v) is 8.49. The zero-order valence-electron chi connectivity index (χ0n) is 8.49. The lowest BCUT2D eigenvalue weighted by Crippen LogP contribution is -2.23. The highest BCUT2D eigenvalue weighted by atomic mass is 16.6. The van der Waals surface area contributed by atoms with Gasteiger partial charge in [-0.2, -0.15) is 0 Å². The molecule has 0 aromatic heterocycles. The number of carbonyl (C=O) groups excluding carboxylic acids is 2. The number of carbonyl (C=O) groups is 2. The molecule has 0 bridgehead atoms. The predicted molar refractivity (Wildman–Crippen MR) is 50.3 cm³/mol. The maximum atomic E-state index is 11.3. The Morgan fingerprint density at radius 3 is 2.29 bits per heavy atom. The minimum atomic E-state index is -0.335. The number of hydrogen-bond donors (Lipinski definition) is 0. The van der Waals surface area contributed by atoms with Crippen molar-refractivity contribution in [1.29, 1.82) is 0 Å². The third-order valence-electron chi connectivity index (χ3n) is 3.53. The van der Waals surface area contributed by atoms with E-state index < -0.39 is 0 Å². The molecule has 14 heavy (non-hydrogen) atoms. The molecule has 0 aromatic carbocycles. The van der Waals surface area contributed by atoms with E-state index in [0.717, 1.165) is 18.8 Å². The van der Waals surface area contributed by atoms with Crippen LogP contribution in [0, 0.1) is 17.8 Å². The normalized spacial score (nSPS) is 38.5. The average molecular weight is 196 g/mol. The van der Waals surface area contributed by atoms with Gasteiger partial charge in [-0.3, -0.25) is 9.59 Å². The molecule has 2 aliphatic rings. The van der Waals surface area contributed by atoms with Gasteiger partial charge < -0.3 is 4.74 Å². The van der Waals surface area contributed by atoms with Crippen molar-refractivity contribution in [2.24, 2.45) is 17.8 Å². The van der Waals surface area contributed by atoms with E-state index >= 15 is 0 Å². The highest BCUT2D eigenvalue weighted by Gasteiger charge is 2.39. The molecule has 2 rings (SSSR count). The van der Waals surface area contributed by atoms with Gasteiger partial charge in [0.05, 0.1) is 12.3 Å². The first kappa shape index (κ1) is 9.69. The molecule has 0 spiro atoms. The highest BCUT2D eigenvalue weighted by Crippen LogP contribution is 2.37. The quantitative estimate of drug-likeness (QED) is 0.475. The molecule has 1 aliphatic carbocycles. The molecule has 1 aliphatic heterocycles. The van der Waals surface area contributed by atoms with Crippen LogP contribution in [-0.4, -0.2) is 11.9 Å². The first-order valence-corrected chi connectivity index (χ1v) is 5.41. The van der Waals surface area contributed by atoms with Gasteiger partial charge in [-0.25, -0.2) is 0 Å². The average Bonchev–Trinajstić information content (AvgIpc) is 2.47. The van der Waals surface area contributed by atoms with Gasteiger partial charge in [0, 0.05) is 0 Å². The van der Waals surface area contributed by atoms with Crippen molar-refractivity contribution in [2.45, 2.75) is 39.0 Å². The lowest BCUT2D eigenvalue weighted by Gasteiger charge is -2.28. The SMILES string of the molecule is CC1CCC(C2CC(=O)OC2=O)CC1. The fourth-order valence-corrected chi connectivity index (χ4v) is 2.54. The lowest BCUT2D eigenvalue weighted by atomic mass is 9.76. The van der Waals surface area contributed by atoms with Crippen LogP contribution in [0.4, 0.5) is 0 Å². The summed E-state index contributed by atoms with van der Waals surface area (Å²) >= 11 is 0. The van der Waals surface area contributed by atoms with E-state index in [-0.39, 0.29) is 17.9 Å². The van der Waals surface area contributed by atoms with Crippen LogP contribution >= 0.6 is 0 Å². The molecule has 2 fully saturated rings. The van der Waals surface area contributed by atoms with Gasteiger partial charge in [0.15, 0.2) is 0 Å². The van der Waals surface area contributed by atoms with Crippen molar-refractivity contribution in [1.82, 2.24) is 0 Å². The van der Waals surface area contributed by atoms with E-state index in [1.54, 1.807) is 0 Å². The van der Waals surface area contributed by atoms with Gasteiger partial charge >= 0.3 is 11.9 Å². The lowest BCUT2D eigenvalue weighted by molar-refractivity contribution is -0.153. The summed E-state index contributed by atoms with van der Waals surface area (Å²) in [5.74, 6) is 0.424. The van der Waals surface area contributed by atoms with E-state index in [9.17, 15) is 9.59 Å². The first-order valence-electron chi connectivity index (χ1n) is 5.41. The Bertz CT molecular complexity index is 251. The number of hydrogen-bond acceptors (Lipinski definition) is 3. The summed E-state index contributed by atoms with van der Waals surface area (Å²) < 4.78 is 4.58. The third-order valence-corrected chi connectivity index (χ3v) is 3.53. The molecule has 0 amide bonds. The Hall–Kier alpha value is -0.860. The molecule has 0 N–H and O–H groups in total. The molecule has 0 aromatic rings. The summed E-state index contributed by atoms with van der Waals surface area (Å²) in [4.78, 5) is 22.3. The summed E-state index contributed by atoms with van der Waals surface area (Å²) in [6, 6.07) is 0. The minimum absolute atomic E-state index is 0.130. The van der Waals surface area contributed by atoms with E-state index in [1.165, 1.54) is 12.8 Å². The molecule has 1 atom stereocenters. The van der Waals surface area contributed by atoms with Crippen LogP contribution in [0.1, 0.15) is 39.0 Å². The van der Waals surface area contributed by atoms with Crippen molar-refractivity contribution in [2.75, 3.05) is 0 Å². The zero-order chi connectivity index (χ0) is 10.1. The van der Waals surface area contributed by atoms with E-state index in [4.69, 9.17) is 0 Å². The Morgan fingerprint density at radius 2 is 1.79 bits per heavy atom. The van der Waals surface area contributed by atoms with Crippen LogP contribution in [0.15, 0.2) is 0 Å². The van der Waals surface area contributed by atoms with Crippen LogP contribution in [0.3, 0.4) is 0 Å². The second-order valence-electron chi connectivity index (χ2n) is 4.62. The molecule has 0 radical (unpaired) electrons. The topological polar surface area (TPSA) is 43.4 Å². The third kappa shape index (κ3) is 1.81. The number of esters is 2. The fraction of sp³-hybridized carbons (Fsp3) is 0.818. The smallest absolute Gasteiger partial charge is 0.317 e. The monoisotopic (exact) mass is 196 g/mol. The van der Waals surface area contributed by atoms with Crippen LogP contribution in [0.5, 0.6) is 0 Å². The van der Waals surface area contributed by atoms with Crippen LogP contribution in [-0.2, 0) is 14.3 Å². The van der Waals surface area contributed by atoms with Crippen molar-refractivity contribution in [3.05, 3.63) is 0 Å². The van der Waals surface area contributed by atoms with Gasteiger partial charge in [0.2, 0.25) is 0 Å². The Morgan fingerprint density at radius 1 is 1.14 bits per heavy atom. The van der Waals surface area contributed by atoms with Crippen LogP contribution < -0.4 is 0 Å². The Kier molecular flexibility index (Phi) is 2.57. The second-order valence-corrected chi connectivity index (χ2v) is 4.62. The largest absolute Gasteiger partial charge is 0.393 e. The maximum absolute atomic E-state index is 11.3. The summed E-state index contributed by atoms with van der Waals surface area (Å²) in [5, 5.41) is 0. The summed E-state index contributed by atoms with van der Waals surface area (Å²) in [6.45, 7) is 2.24. The van der Waals surface area contributed by atoms with Gasteiger partial charge in [-0.15, -0.1) is 0 Å². The number of cyclic esters (lactones) is 2. The Labute approximate surface area is 83.8 Å². The van der Waals surface area contributed by atoms with E-state index in [2.05, 4.69) is 11.7 Å². The van der Waals surface area contributed by atoms with Gasteiger partial charge in [-0.1, -0.05) is 19.8 Å². The summed E-state index contributed by atoms with van der Waals surface area (Å²) in [5.41, 5.74) is 0.